The number of carboxylic acids is 1. The van der Waals surface area contributed by atoms with Crippen molar-refractivity contribution in [3.63, 3.8) is 0 Å². The smallest absolute Gasteiger partial charge is 0.356 e. The molecule has 1 fully saturated rings. The SMILES string of the molecule is CC1CCCC(c2noc(-c3[nH]cnc3C(=O)O)n2)C1. The first-order valence-corrected chi connectivity index (χ1v) is 6.75. The highest BCUT2D eigenvalue weighted by atomic mass is 16.5. The van der Waals surface area contributed by atoms with Crippen molar-refractivity contribution < 1.29 is 14.4 Å². The summed E-state index contributed by atoms with van der Waals surface area (Å²) in [4.78, 5) is 21.9. The third kappa shape index (κ3) is 2.31. The van der Waals surface area contributed by atoms with Gasteiger partial charge in [-0.1, -0.05) is 24.9 Å². The van der Waals surface area contributed by atoms with Crippen molar-refractivity contribution in [2.45, 2.75) is 38.5 Å². The van der Waals surface area contributed by atoms with Crippen LogP contribution in [0.3, 0.4) is 0 Å². The number of imidazole rings is 1. The van der Waals surface area contributed by atoms with Gasteiger partial charge < -0.3 is 14.6 Å². The van der Waals surface area contributed by atoms with Crippen LogP contribution in [0.4, 0.5) is 0 Å². The van der Waals surface area contributed by atoms with Crippen molar-refractivity contribution in [2.75, 3.05) is 0 Å². The first-order valence-electron chi connectivity index (χ1n) is 6.75. The molecule has 2 aromatic heterocycles. The topological polar surface area (TPSA) is 105 Å². The van der Waals surface area contributed by atoms with Gasteiger partial charge in [-0.05, 0) is 18.8 Å². The van der Waals surface area contributed by atoms with Gasteiger partial charge in [0.05, 0.1) is 6.33 Å². The summed E-state index contributed by atoms with van der Waals surface area (Å²) < 4.78 is 5.19. The fourth-order valence-corrected chi connectivity index (χ4v) is 2.79. The zero-order valence-corrected chi connectivity index (χ0v) is 11.2. The zero-order valence-electron chi connectivity index (χ0n) is 11.2. The molecule has 1 aliphatic carbocycles. The number of H-pyrrole nitrogens is 1. The monoisotopic (exact) mass is 276 g/mol. The molecule has 20 heavy (non-hydrogen) atoms. The summed E-state index contributed by atoms with van der Waals surface area (Å²) in [5, 5.41) is 13.0. The zero-order chi connectivity index (χ0) is 14.1. The second-order valence-corrected chi connectivity index (χ2v) is 5.36. The number of carboxylic acid groups (broad SMARTS) is 1. The Bertz CT molecular complexity index is 619. The van der Waals surface area contributed by atoms with E-state index in [1.54, 1.807) is 0 Å². The number of rotatable bonds is 3. The fraction of sp³-hybridized carbons (Fsp3) is 0.538. The molecule has 0 radical (unpaired) electrons. The van der Waals surface area contributed by atoms with Crippen LogP contribution >= 0.6 is 0 Å². The molecule has 2 heterocycles. The predicted octanol–water partition coefficient (Wildman–Crippen LogP) is 2.45. The van der Waals surface area contributed by atoms with Crippen molar-refractivity contribution in [1.82, 2.24) is 20.1 Å². The van der Waals surface area contributed by atoms with Gasteiger partial charge in [0.1, 0.15) is 5.69 Å². The summed E-state index contributed by atoms with van der Waals surface area (Å²) in [5.74, 6) is 0.697. The average Bonchev–Trinajstić information content (AvgIpc) is 3.07. The number of aromatic carboxylic acids is 1. The quantitative estimate of drug-likeness (QED) is 0.892. The van der Waals surface area contributed by atoms with Crippen molar-refractivity contribution in [3.05, 3.63) is 17.8 Å². The van der Waals surface area contributed by atoms with E-state index in [9.17, 15) is 4.79 Å². The minimum atomic E-state index is -1.12. The highest BCUT2D eigenvalue weighted by molar-refractivity contribution is 5.91. The maximum absolute atomic E-state index is 11.0. The number of aromatic nitrogens is 4. The Hall–Kier alpha value is -2.18. The van der Waals surface area contributed by atoms with Gasteiger partial charge in [-0.2, -0.15) is 4.98 Å². The molecule has 2 N–H and O–H groups in total. The van der Waals surface area contributed by atoms with Crippen LogP contribution < -0.4 is 0 Å². The molecule has 2 aromatic rings. The van der Waals surface area contributed by atoms with Crippen LogP contribution in [-0.2, 0) is 0 Å². The molecule has 1 saturated carbocycles. The van der Waals surface area contributed by atoms with E-state index < -0.39 is 5.97 Å². The largest absolute Gasteiger partial charge is 0.476 e. The summed E-state index contributed by atoms with van der Waals surface area (Å²) in [6.07, 6.45) is 5.82. The van der Waals surface area contributed by atoms with Crippen LogP contribution in [0.2, 0.25) is 0 Å². The summed E-state index contributed by atoms with van der Waals surface area (Å²) in [6, 6.07) is 0. The van der Waals surface area contributed by atoms with E-state index in [0.29, 0.717) is 17.7 Å². The third-order valence-corrected chi connectivity index (χ3v) is 3.80. The second kappa shape index (κ2) is 5.07. The van der Waals surface area contributed by atoms with Gasteiger partial charge in [0.2, 0.25) is 0 Å². The van der Waals surface area contributed by atoms with E-state index in [-0.39, 0.29) is 17.3 Å². The number of hydrogen-bond acceptors (Lipinski definition) is 5. The molecule has 0 bridgehead atoms. The molecule has 2 unspecified atom stereocenters. The van der Waals surface area contributed by atoms with Gasteiger partial charge in [-0.3, -0.25) is 0 Å². The third-order valence-electron chi connectivity index (χ3n) is 3.80. The summed E-state index contributed by atoms with van der Waals surface area (Å²) in [6.45, 7) is 2.23. The van der Waals surface area contributed by atoms with E-state index in [2.05, 4.69) is 27.0 Å². The van der Waals surface area contributed by atoms with Gasteiger partial charge in [-0.15, -0.1) is 0 Å². The van der Waals surface area contributed by atoms with Gasteiger partial charge >= 0.3 is 5.97 Å². The molecule has 2 atom stereocenters. The van der Waals surface area contributed by atoms with Crippen molar-refractivity contribution in [3.8, 4) is 11.6 Å². The normalized spacial score (nSPS) is 22.9. The first kappa shape index (κ1) is 12.8. The molecular formula is C13H16N4O3. The average molecular weight is 276 g/mol. The van der Waals surface area contributed by atoms with Crippen LogP contribution in [0, 0.1) is 5.92 Å². The van der Waals surface area contributed by atoms with Gasteiger partial charge in [0.25, 0.3) is 5.89 Å². The second-order valence-electron chi connectivity index (χ2n) is 5.36. The lowest BCUT2D eigenvalue weighted by molar-refractivity contribution is 0.0691. The van der Waals surface area contributed by atoms with Crippen LogP contribution in [0.5, 0.6) is 0 Å². The highest BCUT2D eigenvalue weighted by Gasteiger charge is 2.26. The summed E-state index contributed by atoms with van der Waals surface area (Å²) >= 11 is 0. The molecule has 7 heteroatoms. The van der Waals surface area contributed by atoms with E-state index in [1.807, 2.05) is 0 Å². The van der Waals surface area contributed by atoms with Gasteiger partial charge in [-0.25, -0.2) is 9.78 Å². The van der Waals surface area contributed by atoms with Gasteiger partial charge in [0, 0.05) is 5.92 Å². The fourth-order valence-electron chi connectivity index (χ4n) is 2.79. The van der Waals surface area contributed by atoms with Crippen molar-refractivity contribution in [2.24, 2.45) is 5.92 Å². The molecule has 1 aliphatic rings. The molecule has 3 rings (SSSR count). The van der Waals surface area contributed by atoms with Crippen LogP contribution in [0.25, 0.3) is 11.6 Å². The van der Waals surface area contributed by atoms with E-state index in [4.69, 9.17) is 9.63 Å². The van der Waals surface area contributed by atoms with Crippen molar-refractivity contribution >= 4 is 5.97 Å². The predicted molar refractivity (Wildman–Crippen MR) is 69.2 cm³/mol. The molecule has 106 valence electrons. The Morgan fingerprint density at radius 1 is 1.50 bits per heavy atom. The first-order chi connectivity index (χ1) is 9.65. The molecule has 0 amide bonds. The Morgan fingerprint density at radius 2 is 2.35 bits per heavy atom. The minimum absolute atomic E-state index is 0.0998. The molecule has 0 spiro atoms. The minimum Gasteiger partial charge on any atom is -0.476 e. The maximum atomic E-state index is 11.0. The highest BCUT2D eigenvalue weighted by Crippen LogP contribution is 2.35. The number of hydrogen-bond donors (Lipinski definition) is 2. The van der Waals surface area contributed by atoms with E-state index >= 15 is 0 Å². The molecular weight excluding hydrogens is 260 g/mol. The number of nitrogens with zero attached hydrogens (tertiary/aromatic N) is 3. The van der Waals surface area contributed by atoms with E-state index in [1.165, 1.54) is 19.2 Å². The molecule has 0 saturated heterocycles. The lowest BCUT2D eigenvalue weighted by Crippen LogP contribution is -2.12. The number of carbonyl (C=O) groups is 1. The van der Waals surface area contributed by atoms with Crippen LogP contribution in [0.1, 0.15) is 54.8 Å². The number of aromatic amines is 1. The van der Waals surface area contributed by atoms with Crippen LogP contribution in [-0.4, -0.2) is 31.2 Å². The lowest BCUT2D eigenvalue weighted by atomic mass is 9.82. The standard InChI is InChI=1S/C13H16N4O3/c1-7-3-2-4-8(5-7)11-16-12(20-17-11)9-10(13(18)19)15-6-14-9/h6-8H,2-5H2,1H3,(H,14,15)(H,18,19). The molecule has 0 aliphatic heterocycles. The summed E-state index contributed by atoms with van der Waals surface area (Å²) in [7, 11) is 0. The van der Waals surface area contributed by atoms with Crippen molar-refractivity contribution in [1.29, 1.82) is 0 Å². The Labute approximate surface area is 115 Å². The van der Waals surface area contributed by atoms with Crippen LogP contribution in [0.15, 0.2) is 10.9 Å². The number of nitrogens with one attached hydrogen (secondary N) is 1. The van der Waals surface area contributed by atoms with Gasteiger partial charge in [0.15, 0.2) is 11.5 Å². The maximum Gasteiger partial charge on any atom is 0.356 e. The molecule has 7 nitrogen and oxygen atoms in total. The Balaban J connectivity index is 1.86. The van der Waals surface area contributed by atoms with E-state index in [0.717, 1.165) is 12.8 Å². The molecule has 0 aromatic carbocycles. The lowest BCUT2D eigenvalue weighted by Gasteiger charge is -2.23. The summed E-state index contributed by atoms with van der Waals surface area (Å²) in [5.41, 5.74) is 0.164. The Morgan fingerprint density at radius 3 is 3.10 bits per heavy atom. The Kier molecular flexibility index (Phi) is 3.25.